The summed E-state index contributed by atoms with van der Waals surface area (Å²) < 4.78 is 11.2. The van der Waals surface area contributed by atoms with Gasteiger partial charge in [0.1, 0.15) is 0 Å². The van der Waals surface area contributed by atoms with E-state index in [1.807, 2.05) is 18.2 Å². The summed E-state index contributed by atoms with van der Waals surface area (Å²) in [4.78, 5) is 12.0. The predicted octanol–water partition coefficient (Wildman–Crippen LogP) is 4.64. The Labute approximate surface area is 177 Å². The summed E-state index contributed by atoms with van der Waals surface area (Å²) in [6.45, 7) is 1.38. The molecule has 30 heavy (non-hydrogen) atoms. The third kappa shape index (κ3) is 4.10. The van der Waals surface area contributed by atoms with Crippen molar-refractivity contribution in [2.75, 3.05) is 20.3 Å². The Morgan fingerprint density at radius 3 is 2.03 bits per heavy atom. The van der Waals surface area contributed by atoms with Crippen molar-refractivity contribution >= 4 is 6.09 Å². The molecule has 3 aromatic carbocycles. The maximum Gasteiger partial charge on any atom is 0.406 e. The summed E-state index contributed by atoms with van der Waals surface area (Å²) in [5.41, 5.74) is 5.64. The first-order valence-electron chi connectivity index (χ1n) is 10.3. The third-order valence-electron chi connectivity index (χ3n) is 5.91. The van der Waals surface area contributed by atoms with E-state index in [0.29, 0.717) is 19.8 Å². The van der Waals surface area contributed by atoms with Crippen LogP contribution in [0.5, 0.6) is 0 Å². The maximum atomic E-state index is 12.0. The SMILES string of the molecule is COC(=O)NCC1(COCc2ccccc2)c2ccccc2CCc2ccccc21. The molecule has 0 aliphatic heterocycles. The molecule has 3 aromatic rings. The second-order valence-corrected chi connectivity index (χ2v) is 7.72. The fraction of sp³-hybridized carbons (Fsp3) is 0.269. The van der Waals surface area contributed by atoms with Crippen LogP contribution in [0.1, 0.15) is 27.8 Å². The van der Waals surface area contributed by atoms with E-state index in [0.717, 1.165) is 18.4 Å². The van der Waals surface area contributed by atoms with E-state index in [9.17, 15) is 4.79 Å². The van der Waals surface area contributed by atoms with Crippen LogP contribution >= 0.6 is 0 Å². The van der Waals surface area contributed by atoms with Crippen LogP contribution in [0.25, 0.3) is 0 Å². The van der Waals surface area contributed by atoms with Gasteiger partial charge in [0.15, 0.2) is 0 Å². The minimum Gasteiger partial charge on any atom is -0.453 e. The van der Waals surface area contributed by atoms with Crippen molar-refractivity contribution in [1.82, 2.24) is 5.32 Å². The molecule has 1 N–H and O–H groups in total. The second-order valence-electron chi connectivity index (χ2n) is 7.72. The van der Waals surface area contributed by atoms with Crippen LogP contribution in [0.4, 0.5) is 4.79 Å². The molecule has 1 aliphatic carbocycles. The van der Waals surface area contributed by atoms with E-state index in [1.165, 1.54) is 29.4 Å². The molecule has 4 heteroatoms. The molecule has 0 heterocycles. The summed E-state index contributed by atoms with van der Waals surface area (Å²) in [7, 11) is 1.39. The lowest BCUT2D eigenvalue weighted by atomic mass is 9.73. The van der Waals surface area contributed by atoms with Gasteiger partial charge in [0.25, 0.3) is 0 Å². The second kappa shape index (κ2) is 9.14. The molecule has 0 spiro atoms. The molecule has 1 aliphatic rings. The lowest BCUT2D eigenvalue weighted by molar-refractivity contribution is 0.0818. The highest BCUT2D eigenvalue weighted by Gasteiger charge is 2.40. The smallest absolute Gasteiger partial charge is 0.406 e. The average Bonchev–Trinajstić information content (AvgIpc) is 2.94. The van der Waals surface area contributed by atoms with Crippen molar-refractivity contribution in [3.8, 4) is 0 Å². The van der Waals surface area contributed by atoms with Crippen molar-refractivity contribution in [2.24, 2.45) is 0 Å². The van der Waals surface area contributed by atoms with E-state index in [4.69, 9.17) is 9.47 Å². The lowest BCUT2D eigenvalue weighted by Gasteiger charge is -2.36. The molecule has 4 nitrogen and oxygen atoms in total. The fourth-order valence-corrected chi connectivity index (χ4v) is 4.43. The van der Waals surface area contributed by atoms with Crippen molar-refractivity contribution < 1.29 is 14.3 Å². The molecule has 0 saturated heterocycles. The summed E-state index contributed by atoms with van der Waals surface area (Å²) in [5, 5.41) is 2.96. The number of hydrogen-bond acceptors (Lipinski definition) is 3. The van der Waals surface area contributed by atoms with Crippen LogP contribution in [-0.2, 0) is 34.3 Å². The van der Waals surface area contributed by atoms with E-state index >= 15 is 0 Å². The van der Waals surface area contributed by atoms with Crippen molar-refractivity contribution in [2.45, 2.75) is 24.9 Å². The Morgan fingerprint density at radius 1 is 0.867 bits per heavy atom. The number of nitrogens with one attached hydrogen (secondary N) is 1. The van der Waals surface area contributed by atoms with Gasteiger partial charge in [-0.25, -0.2) is 4.79 Å². The topological polar surface area (TPSA) is 47.6 Å². The van der Waals surface area contributed by atoms with Crippen molar-refractivity contribution in [1.29, 1.82) is 0 Å². The highest BCUT2D eigenvalue weighted by atomic mass is 16.5. The number of methoxy groups -OCH3 is 1. The van der Waals surface area contributed by atoms with Gasteiger partial charge >= 0.3 is 6.09 Å². The first-order valence-corrected chi connectivity index (χ1v) is 10.3. The number of ether oxygens (including phenoxy) is 2. The zero-order valence-corrected chi connectivity index (χ0v) is 17.3. The maximum absolute atomic E-state index is 12.0. The van der Waals surface area contributed by atoms with Crippen molar-refractivity contribution in [3.05, 3.63) is 107 Å². The van der Waals surface area contributed by atoms with Gasteiger partial charge in [0.05, 0.1) is 25.7 Å². The normalized spacial score (nSPS) is 14.2. The summed E-state index contributed by atoms with van der Waals surface area (Å²) in [5.74, 6) is 0. The summed E-state index contributed by atoms with van der Waals surface area (Å²) in [6.07, 6.45) is 1.49. The van der Waals surface area contributed by atoms with Crippen LogP contribution in [0.15, 0.2) is 78.9 Å². The van der Waals surface area contributed by atoms with Crippen LogP contribution < -0.4 is 5.32 Å². The molecule has 0 bridgehead atoms. The number of carbonyl (C=O) groups is 1. The van der Waals surface area contributed by atoms with Gasteiger partial charge in [0.2, 0.25) is 0 Å². The standard InChI is InChI=1S/C26H27NO3/c1-29-25(28)27-18-26(19-30-17-20-9-3-2-4-10-20)23-13-7-5-11-21(23)15-16-22-12-6-8-14-24(22)26/h2-14H,15-19H2,1H3,(H,27,28). The highest BCUT2D eigenvalue weighted by molar-refractivity contribution is 5.67. The molecule has 154 valence electrons. The van der Waals surface area contributed by atoms with Crippen LogP contribution in [-0.4, -0.2) is 26.4 Å². The molecule has 1 amide bonds. The molecule has 4 rings (SSSR count). The molecule has 0 unspecified atom stereocenters. The Bertz CT molecular complexity index is 952. The number of aryl methyl sites for hydroxylation is 2. The van der Waals surface area contributed by atoms with Gasteiger partial charge in [-0.2, -0.15) is 0 Å². The van der Waals surface area contributed by atoms with Crippen LogP contribution in [0, 0.1) is 0 Å². The molecule has 0 fully saturated rings. The molecule has 0 atom stereocenters. The number of fused-ring (bicyclic) bond motifs is 2. The van der Waals surface area contributed by atoms with E-state index in [-0.39, 0.29) is 0 Å². The number of benzene rings is 3. The van der Waals surface area contributed by atoms with Gasteiger partial charge in [-0.3, -0.25) is 0 Å². The molecule has 0 saturated carbocycles. The first-order chi connectivity index (χ1) is 14.7. The molecule has 0 aromatic heterocycles. The predicted molar refractivity (Wildman–Crippen MR) is 118 cm³/mol. The lowest BCUT2D eigenvalue weighted by Crippen LogP contribution is -2.45. The highest BCUT2D eigenvalue weighted by Crippen LogP contribution is 2.40. The number of hydrogen-bond donors (Lipinski definition) is 1. The Morgan fingerprint density at radius 2 is 1.43 bits per heavy atom. The third-order valence-corrected chi connectivity index (χ3v) is 5.91. The molecule has 0 radical (unpaired) electrons. The summed E-state index contributed by atoms with van der Waals surface area (Å²) in [6, 6.07) is 27.2. The largest absolute Gasteiger partial charge is 0.453 e. The quantitative estimate of drug-likeness (QED) is 0.654. The molecular formula is C26H27NO3. The fourth-order valence-electron chi connectivity index (χ4n) is 4.43. The minimum absolute atomic E-state index is 0.405. The number of alkyl carbamates (subject to hydrolysis) is 1. The zero-order valence-electron chi connectivity index (χ0n) is 17.3. The Kier molecular flexibility index (Phi) is 6.15. The summed E-state index contributed by atoms with van der Waals surface area (Å²) >= 11 is 0. The van der Waals surface area contributed by atoms with Crippen LogP contribution in [0.2, 0.25) is 0 Å². The van der Waals surface area contributed by atoms with E-state index < -0.39 is 11.5 Å². The monoisotopic (exact) mass is 401 g/mol. The van der Waals surface area contributed by atoms with Gasteiger partial charge in [-0.05, 0) is 40.7 Å². The van der Waals surface area contributed by atoms with Gasteiger partial charge in [-0.1, -0.05) is 78.9 Å². The van der Waals surface area contributed by atoms with E-state index in [2.05, 4.69) is 66.0 Å². The molecular weight excluding hydrogens is 374 g/mol. The number of carbonyl (C=O) groups excluding carboxylic acids is 1. The average molecular weight is 402 g/mol. The van der Waals surface area contributed by atoms with Gasteiger partial charge in [-0.15, -0.1) is 0 Å². The van der Waals surface area contributed by atoms with E-state index in [1.54, 1.807) is 0 Å². The van der Waals surface area contributed by atoms with Gasteiger partial charge < -0.3 is 14.8 Å². The minimum atomic E-state index is -0.493. The first kappa shape index (κ1) is 20.2. The van der Waals surface area contributed by atoms with Crippen LogP contribution in [0.3, 0.4) is 0 Å². The Hall–Kier alpha value is -3.11. The van der Waals surface area contributed by atoms with Gasteiger partial charge in [0, 0.05) is 6.54 Å². The number of rotatable bonds is 6. The number of amides is 1. The van der Waals surface area contributed by atoms with Crippen molar-refractivity contribution in [3.63, 3.8) is 0 Å². The zero-order chi connectivity index (χ0) is 20.8. The Balaban J connectivity index is 1.75.